The molecule has 33 heavy (non-hydrogen) atoms. The predicted molar refractivity (Wildman–Crippen MR) is 125 cm³/mol. The lowest BCUT2D eigenvalue weighted by molar-refractivity contribution is -0.143. The summed E-state index contributed by atoms with van der Waals surface area (Å²) in [5.74, 6) is 1.50. The van der Waals surface area contributed by atoms with Crippen LogP contribution in [-0.4, -0.2) is 61.5 Å². The lowest BCUT2D eigenvalue weighted by atomic mass is 9.74. The Kier molecular flexibility index (Phi) is 7.77. The second kappa shape index (κ2) is 10.2. The lowest BCUT2D eigenvalue weighted by Gasteiger charge is -2.47. The summed E-state index contributed by atoms with van der Waals surface area (Å²) in [6.45, 7) is 9.53. The molecule has 2 aliphatic rings. The fraction of sp³-hybridized carbons (Fsp3) is 0.680. The Morgan fingerprint density at radius 3 is 2.45 bits per heavy atom. The van der Waals surface area contributed by atoms with E-state index in [1.165, 1.54) is 25.0 Å². The minimum atomic E-state index is -1.38. The maximum absolute atomic E-state index is 12.3. The van der Waals surface area contributed by atoms with Crippen LogP contribution in [0.1, 0.15) is 57.7 Å². The lowest BCUT2D eigenvalue weighted by Crippen LogP contribution is -2.51. The second-order valence-electron chi connectivity index (χ2n) is 10.2. The first-order valence-corrected chi connectivity index (χ1v) is 11.7. The SMILES string of the molecule is COc1cc2c(cc1OC)C1CC(COC(=O)NC(C)(C)C(=O)O)C(CC(C)C)CN1CC2. The first kappa shape index (κ1) is 25.1. The quantitative estimate of drug-likeness (QED) is 0.605. The summed E-state index contributed by atoms with van der Waals surface area (Å²) in [7, 11) is 3.30. The van der Waals surface area contributed by atoms with Crippen molar-refractivity contribution >= 4 is 12.1 Å². The third kappa shape index (κ3) is 5.72. The van der Waals surface area contributed by atoms with Gasteiger partial charge in [-0.3, -0.25) is 4.90 Å². The highest BCUT2D eigenvalue weighted by Crippen LogP contribution is 2.45. The van der Waals surface area contributed by atoms with Crippen molar-refractivity contribution in [2.45, 2.75) is 58.5 Å². The van der Waals surface area contributed by atoms with Gasteiger partial charge in [-0.2, -0.15) is 0 Å². The Labute approximate surface area is 196 Å². The molecule has 1 amide bonds. The summed E-state index contributed by atoms with van der Waals surface area (Å²) in [5.41, 5.74) is 1.15. The predicted octanol–water partition coefficient (Wildman–Crippen LogP) is 3.87. The number of carboxylic acid groups (broad SMARTS) is 1. The molecule has 0 bridgehead atoms. The topological polar surface area (TPSA) is 97.3 Å². The number of nitrogens with one attached hydrogen (secondary N) is 1. The van der Waals surface area contributed by atoms with Gasteiger partial charge in [0.1, 0.15) is 5.54 Å². The van der Waals surface area contributed by atoms with E-state index in [0.29, 0.717) is 11.8 Å². The summed E-state index contributed by atoms with van der Waals surface area (Å²) in [6.07, 6.45) is 2.20. The number of nitrogens with zero attached hydrogens (tertiary/aromatic N) is 1. The molecule has 3 rings (SSSR count). The number of amides is 1. The molecule has 8 nitrogen and oxygen atoms in total. The van der Waals surface area contributed by atoms with Gasteiger partial charge in [0.25, 0.3) is 0 Å². The molecule has 0 saturated carbocycles. The average Bonchev–Trinajstić information content (AvgIpc) is 2.75. The van der Waals surface area contributed by atoms with Crippen LogP contribution in [0, 0.1) is 17.8 Å². The zero-order chi connectivity index (χ0) is 24.3. The van der Waals surface area contributed by atoms with Crippen LogP contribution in [0.2, 0.25) is 0 Å². The molecule has 184 valence electrons. The van der Waals surface area contributed by atoms with Gasteiger partial charge < -0.3 is 24.6 Å². The number of aliphatic carboxylic acids is 1. The molecule has 0 aliphatic carbocycles. The Morgan fingerprint density at radius 1 is 1.18 bits per heavy atom. The van der Waals surface area contributed by atoms with Gasteiger partial charge in [0, 0.05) is 19.1 Å². The van der Waals surface area contributed by atoms with Crippen molar-refractivity contribution < 1.29 is 28.9 Å². The molecule has 2 N–H and O–H groups in total. The number of methoxy groups -OCH3 is 2. The summed E-state index contributed by atoms with van der Waals surface area (Å²) >= 11 is 0. The van der Waals surface area contributed by atoms with E-state index in [-0.39, 0.29) is 18.6 Å². The average molecular weight is 463 g/mol. The van der Waals surface area contributed by atoms with E-state index >= 15 is 0 Å². The van der Waals surface area contributed by atoms with Gasteiger partial charge in [0.2, 0.25) is 0 Å². The van der Waals surface area contributed by atoms with E-state index in [0.717, 1.165) is 43.9 Å². The molecular formula is C25H38N2O6. The van der Waals surface area contributed by atoms with Crippen molar-refractivity contribution in [3.05, 3.63) is 23.3 Å². The largest absolute Gasteiger partial charge is 0.493 e. The van der Waals surface area contributed by atoms with Crippen molar-refractivity contribution in [2.75, 3.05) is 33.9 Å². The van der Waals surface area contributed by atoms with Gasteiger partial charge in [0.05, 0.1) is 20.8 Å². The Bertz CT molecular complexity index is 869. The first-order chi connectivity index (χ1) is 15.6. The molecule has 3 atom stereocenters. The minimum absolute atomic E-state index is 0.186. The molecular weight excluding hydrogens is 424 g/mol. The van der Waals surface area contributed by atoms with Gasteiger partial charge in [-0.15, -0.1) is 0 Å². The molecule has 1 saturated heterocycles. The zero-order valence-electron chi connectivity index (χ0n) is 20.6. The van der Waals surface area contributed by atoms with E-state index in [1.54, 1.807) is 14.2 Å². The fourth-order valence-electron chi connectivity index (χ4n) is 5.11. The molecule has 8 heteroatoms. The summed E-state index contributed by atoms with van der Waals surface area (Å²) < 4.78 is 16.6. The third-order valence-corrected chi connectivity index (χ3v) is 6.93. The van der Waals surface area contributed by atoms with E-state index < -0.39 is 17.6 Å². The molecule has 0 spiro atoms. The van der Waals surface area contributed by atoms with Gasteiger partial charge in [-0.25, -0.2) is 9.59 Å². The number of benzene rings is 1. The molecule has 3 unspecified atom stereocenters. The molecule has 2 heterocycles. The standard InChI is InChI=1S/C25H38N2O6/c1-15(2)9-17-13-27-8-7-16-11-21(31-5)22(32-6)12-19(16)20(27)10-18(17)14-33-24(30)26-25(3,4)23(28)29/h11-12,15,17-18,20H,7-10,13-14H2,1-6H3,(H,26,30)(H,28,29). The normalized spacial score (nSPS) is 22.8. The van der Waals surface area contributed by atoms with Crippen molar-refractivity contribution in [1.29, 1.82) is 0 Å². The smallest absolute Gasteiger partial charge is 0.408 e. The minimum Gasteiger partial charge on any atom is -0.493 e. The van der Waals surface area contributed by atoms with Crippen LogP contribution in [-0.2, 0) is 16.0 Å². The van der Waals surface area contributed by atoms with Gasteiger partial charge in [0.15, 0.2) is 11.5 Å². The van der Waals surface area contributed by atoms with Crippen molar-refractivity contribution in [1.82, 2.24) is 10.2 Å². The van der Waals surface area contributed by atoms with Gasteiger partial charge in [-0.1, -0.05) is 13.8 Å². The van der Waals surface area contributed by atoms with Gasteiger partial charge >= 0.3 is 12.1 Å². The number of ether oxygens (including phenoxy) is 3. The van der Waals surface area contributed by atoms with Gasteiger partial charge in [-0.05, 0) is 74.1 Å². The number of hydrogen-bond acceptors (Lipinski definition) is 6. The van der Waals surface area contributed by atoms with E-state index in [2.05, 4.69) is 36.2 Å². The van der Waals surface area contributed by atoms with Crippen molar-refractivity contribution in [2.24, 2.45) is 17.8 Å². The molecule has 0 aromatic heterocycles. The highest BCUT2D eigenvalue weighted by Gasteiger charge is 2.40. The van der Waals surface area contributed by atoms with Crippen LogP contribution >= 0.6 is 0 Å². The summed E-state index contributed by atoms with van der Waals surface area (Å²) in [4.78, 5) is 26.2. The Morgan fingerprint density at radius 2 is 1.85 bits per heavy atom. The number of fused-ring (bicyclic) bond motifs is 3. The van der Waals surface area contributed by atoms with E-state index in [1.807, 2.05) is 0 Å². The molecule has 0 radical (unpaired) electrons. The number of rotatable bonds is 8. The molecule has 2 aliphatic heterocycles. The van der Waals surface area contributed by atoms with Crippen LogP contribution in [0.5, 0.6) is 11.5 Å². The monoisotopic (exact) mass is 462 g/mol. The molecule has 1 fully saturated rings. The van der Waals surface area contributed by atoms with Crippen LogP contribution in [0.25, 0.3) is 0 Å². The Hall–Kier alpha value is -2.48. The van der Waals surface area contributed by atoms with Crippen molar-refractivity contribution in [3.63, 3.8) is 0 Å². The van der Waals surface area contributed by atoms with Crippen LogP contribution in [0.15, 0.2) is 12.1 Å². The maximum Gasteiger partial charge on any atom is 0.408 e. The number of hydrogen-bond donors (Lipinski definition) is 2. The first-order valence-electron chi connectivity index (χ1n) is 11.7. The third-order valence-electron chi connectivity index (χ3n) is 6.93. The van der Waals surface area contributed by atoms with Crippen LogP contribution < -0.4 is 14.8 Å². The molecule has 1 aromatic rings. The molecule has 1 aromatic carbocycles. The number of piperidine rings is 1. The highest BCUT2D eigenvalue weighted by molar-refractivity contribution is 5.83. The van der Waals surface area contributed by atoms with E-state index in [4.69, 9.17) is 14.2 Å². The Balaban J connectivity index is 1.78. The summed E-state index contributed by atoms with van der Waals surface area (Å²) in [6, 6.07) is 4.40. The van der Waals surface area contributed by atoms with E-state index in [9.17, 15) is 14.7 Å². The number of carboxylic acids is 1. The maximum atomic E-state index is 12.3. The van der Waals surface area contributed by atoms with Crippen LogP contribution in [0.4, 0.5) is 4.79 Å². The number of carbonyl (C=O) groups excluding carboxylic acids is 1. The second-order valence-corrected chi connectivity index (χ2v) is 10.2. The number of alkyl carbamates (subject to hydrolysis) is 1. The fourth-order valence-corrected chi connectivity index (χ4v) is 5.11. The zero-order valence-corrected chi connectivity index (χ0v) is 20.6. The van der Waals surface area contributed by atoms with Crippen LogP contribution in [0.3, 0.4) is 0 Å². The number of carbonyl (C=O) groups is 2. The summed E-state index contributed by atoms with van der Waals surface area (Å²) in [5, 5.41) is 11.7. The highest BCUT2D eigenvalue weighted by atomic mass is 16.5. The van der Waals surface area contributed by atoms with Crippen molar-refractivity contribution in [3.8, 4) is 11.5 Å².